The Balaban J connectivity index is 1.69. The number of nitrogens with zero attached hydrogens (tertiary/aromatic N) is 3. The van der Waals surface area contributed by atoms with Crippen molar-refractivity contribution in [2.75, 3.05) is 0 Å². The zero-order chi connectivity index (χ0) is 19.7. The van der Waals surface area contributed by atoms with Crippen LogP contribution in [0.3, 0.4) is 0 Å². The molecule has 0 fully saturated rings. The molecule has 3 heterocycles. The first-order chi connectivity index (χ1) is 13.4. The SMILES string of the molecule is O=c1ccc(-c2nc(-c3ccsc3)no2)cn1Cc1ccccc1C(F)(F)F. The van der Waals surface area contributed by atoms with Crippen molar-refractivity contribution in [3.63, 3.8) is 0 Å². The molecule has 0 aliphatic carbocycles. The molecule has 3 aromatic heterocycles. The van der Waals surface area contributed by atoms with Gasteiger partial charge in [0, 0.05) is 23.2 Å². The molecule has 0 unspecified atom stereocenters. The van der Waals surface area contributed by atoms with Crippen molar-refractivity contribution in [1.29, 1.82) is 0 Å². The highest BCUT2D eigenvalue weighted by Gasteiger charge is 2.32. The van der Waals surface area contributed by atoms with E-state index in [0.717, 1.165) is 11.6 Å². The Morgan fingerprint density at radius 1 is 1.07 bits per heavy atom. The van der Waals surface area contributed by atoms with Crippen molar-refractivity contribution in [1.82, 2.24) is 14.7 Å². The van der Waals surface area contributed by atoms with Crippen molar-refractivity contribution in [3.05, 3.63) is 80.9 Å². The Kier molecular flexibility index (Phi) is 4.60. The van der Waals surface area contributed by atoms with E-state index in [-0.39, 0.29) is 18.0 Å². The van der Waals surface area contributed by atoms with Gasteiger partial charge in [-0.25, -0.2) is 0 Å². The molecule has 9 heteroatoms. The molecule has 0 saturated carbocycles. The van der Waals surface area contributed by atoms with Crippen molar-refractivity contribution >= 4 is 11.3 Å². The highest BCUT2D eigenvalue weighted by atomic mass is 32.1. The molecule has 0 aliphatic rings. The first-order valence-electron chi connectivity index (χ1n) is 8.14. The zero-order valence-electron chi connectivity index (χ0n) is 14.2. The molecule has 1 aromatic carbocycles. The molecule has 0 saturated heterocycles. The maximum atomic E-state index is 13.2. The Labute approximate surface area is 160 Å². The molecule has 0 spiro atoms. The Bertz CT molecular complexity index is 1160. The third-order valence-corrected chi connectivity index (χ3v) is 4.78. The largest absolute Gasteiger partial charge is 0.416 e. The number of alkyl halides is 3. The number of rotatable bonds is 4. The van der Waals surface area contributed by atoms with Crippen LogP contribution in [0.4, 0.5) is 13.2 Å². The fourth-order valence-electron chi connectivity index (χ4n) is 2.75. The summed E-state index contributed by atoms with van der Waals surface area (Å²) in [4.78, 5) is 16.5. The summed E-state index contributed by atoms with van der Waals surface area (Å²) < 4.78 is 46.1. The molecule has 0 amide bonds. The normalized spacial score (nSPS) is 11.7. The van der Waals surface area contributed by atoms with Gasteiger partial charge in [0.15, 0.2) is 0 Å². The second-order valence-corrected chi connectivity index (χ2v) is 6.75. The van der Waals surface area contributed by atoms with Gasteiger partial charge >= 0.3 is 6.18 Å². The van der Waals surface area contributed by atoms with Gasteiger partial charge in [0.2, 0.25) is 5.82 Å². The Morgan fingerprint density at radius 3 is 2.64 bits per heavy atom. The average Bonchev–Trinajstić information content (AvgIpc) is 3.34. The molecule has 5 nitrogen and oxygen atoms in total. The smallest absolute Gasteiger partial charge is 0.334 e. The molecule has 0 N–H and O–H groups in total. The minimum Gasteiger partial charge on any atom is -0.334 e. The summed E-state index contributed by atoms with van der Waals surface area (Å²) in [6.07, 6.45) is -3.08. The van der Waals surface area contributed by atoms with Gasteiger partial charge in [-0.05, 0) is 29.1 Å². The molecule has 4 rings (SSSR count). The van der Waals surface area contributed by atoms with Crippen LogP contribution in [0.5, 0.6) is 0 Å². The van der Waals surface area contributed by atoms with Gasteiger partial charge in [0.25, 0.3) is 11.4 Å². The summed E-state index contributed by atoms with van der Waals surface area (Å²) in [5.41, 5.74) is 0.0346. The minimum atomic E-state index is -4.50. The van der Waals surface area contributed by atoms with E-state index in [2.05, 4.69) is 10.1 Å². The second-order valence-electron chi connectivity index (χ2n) is 5.97. The third-order valence-electron chi connectivity index (χ3n) is 4.10. The van der Waals surface area contributed by atoms with Crippen molar-refractivity contribution in [2.45, 2.75) is 12.7 Å². The Hall–Kier alpha value is -3.20. The molecule has 142 valence electrons. The maximum Gasteiger partial charge on any atom is 0.416 e. The van der Waals surface area contributed by atoms with Gasteiger partial charge < -0.3 is 9.09 Å². The first kappa shape index (κ1) is 18.2. The summed E-state index contributed by atoms with van der Waals surface area (Å²) in [5.74, 6) is 0.579. The number of aromatic nitrogens is 3. The van der Waals surface area contributed by atoms with Gasteiger partial charge in [-0.3, -0.25) is 4.79 Å². The number of benzene rings is 1. The summed E-state index contributed by atoms with van der Waals surface area (Å²) in [5, 5.41) is 7.65. The number of halogens is 3. The highest BCUT2D eigenvalue weighted by Crippen LogP contribution is 2.32. The summed E-state index contributed by atoms with van der Waals surface area (Å²) >= 11 is 1.49. The lowest BCUT2D eigenvalue weighted by molar-refractivity contribution is -0.138. The lowest BCUT2D eigenvalue weighted by Crippen LogP contribution is -2.21. The molecule has 0 bridgehead atoms. The summed E-state index contributed by atoms with van der Waals surface area (Å²) in [6, 6.07) is 9.77. The van der Waals surface area contributed by atoms with Crippen LogP contribution < -0.4 is 5.56 Å². The predicted molar refractivity (Wildman–Crippen MR) is 97.9 cm³/mol. The molecular formula is C19H12F3N3O2S. The fourth-order valence-corrected chi connectivity index (χ4v) is 3.38. The van der Waals surface area contributed by atoms with Gasteiger partial charge in [0.05, 0.1) is 17.7 Å². The van der Waals surface area contributed by atoms with Crippen molar-refractivity contribution in [2.24, 2.45) is 0 Å². The van der Waals surface area contributed by atoms with E-state index < -0.39 is 17.3 Å². The van der Waals surface area contributed by atoms with Crippen molar-refractivity contribution in [3.8, 4) is 22.8 Å². The van der Waals surface area contributed by atoms with Crippen LogP contribution in [0.1, 0.15) is 11.1 Å². The third kappa shape index (κ3) is 3.61. The van der Waals surface area contributed by atoms with Gasteiger partial charge in [0.1, 0.15) is 0 Å². The molecular weight excluding hydrogens is 391 g/mol. The van der Waals surface area contributed by atoms with Crippen LogP contribution in [-0.2, 0) is 12.7 Å². The molecule has 4 aromatic rings. The second kappa shape index (κ2) is 7.08. The minimum absolute atomic E-state index is 0.00117. The van der Waals surface area contributed by atoms with E-state index in [9.17, 15) is 18.0 Å². The Morgan fingerprint density at radius 2 is 1.89 bits per heavy atom. The number of hydrogen-bond acceptors (Lipinski definition) is 5. The first-order valence-corrected chi connectivity index (χ1v) is 9.08. The maximum absolute atomic E-state index is 13.2. The predicted octanol–water partition coefficient (Wildman–Crippen LogP) is 4.69. The van der Waals surface area contributed by atoms with Crippen LogP contribution in [0, 0.1) is 0 Å². The van der Waals surface area contributed by atoms with E-state index >= 15 is 0 Å². The lowest BCUT2D eigenvalue weighted by atomic mass is 10.1. The van der Waals surface area contributed by atoms with Crippen LogP contribution in [0.2, 0.25) is 0 Å². The molecule has 0 radical (unpaired) electrons. The number of pyridine rings is 1. The number of hydrogen-bond donors (Lipinski definition) is 0. The number of thiophene rings is 1. The van der Waals surface area contributed by atoms with E-state index in [1.54, 1.807) is 0 Å². The van der Waals surface area contributed by atoms with E-state index in [1.807, 2.05) is 16.8 Å². The van der Waals surface area contributed by atoms with E-state index in [1.165, 1.54) is 52.4 Å². The molecule has 28 heavy (non-hydrogen) atoms. The quantitative estimate of drug-likeness (QED) is 0.496. The molecule has 0 aliphatic heterocycles. The highest BCUT2D eigenvalue weighted by molar-refractivity contribution is 7.08. The van der Waals surface area contributed by atoms with Crippen LogP contribution in [0.15, 0.2) is 68.7 Å². The monoisotopic (exact) mass is 403 g/mol. The zero-order valence-corrected chi connectivity index (χ0v) is 15.0. The van der Waals surface area contributed by atoms with Crippen LogP contribution in [-0.4, -0.2) is 14.7 Å². The molecule has 0 atom stereocenters. The van der Waals surface area contributed by atoms with E-state index in [0.29, 0.717) is 11.4 Å². The standard InChI is InChI=1S/C19H12F3N3O2S/c20-19(21,22)15-4-2-1-3-12(15)9-25-10-13(5-6-16(25)26)18-23-17(24-27-18)14-7-8-28-11-14/h1-8,10-11H,9H2. The van der Waals surface area contributed by atoms with Gasteiger partial charge in [-0.15, -0.1) is 0 Å². The van der Waals surface area contributed by atoms with Crippen LogP contribution >= 0.6 is 11.3 Å². The lowest BCUT2D eigenvalue weighted by Gasteiger charge is -2.14. The fraction of sp³-hybridized carbons (Fsp3) is 0.105. The average molecular weight is 403 g/mol. The van der Waals surface area contributed by atoms with Gasteiger partial charge in [-0.2, -0.15) is 29.5 Å². The summed E-state index contributed by atoms with van der Waals surface area (Å²) in [6.45, 7) is -0.228. The van der Waals surface area contributed by atoms with Gasteiger partial charge in [-0.1, -0.05) is 23.4 Å². The topological polar surface area (TPSA) is 60.9 Å². The van der Waals surface area contributed by atoms with E-state index in [4.69, 9.17) is 4.52 Å². The van der Waals surface area contributed by atoms with Crippen molar-refractivity contribution < 1.29 is 17.7 Å². The summed E-state index contributed by atoms with van der Waals surface area (Å²) in [7, 11) is 0. The van der Waals surface area contributed by atoms with Crippen LogP contribution in [0.25, 0.3) is 22.8 Å².